The molecule has 0 aliphatic rings. The molecular weight excluding hydrogens is 204 g/mol. The normalized spacial score (nSPS) is 10.4. The minimum Gasteiger partial charge on any atom is -0.326 e. The van der Waals surface area contributed by atoms with Crippen molar-refractivity contribution in [2.24, 2.45) is 12.8 Å². The van der Waals surface area contributed by atoms with E-state index in [0.717, 1.165) is 11.1 Å². The Kier molecular flexibility index (Phi) is 2.78. The van der Waals surface area contributed by atoms with Gasteiger partial charge in [-0.1, -0.05) is 0 Å². The molecule has 82 valence electrons. The van der Waals surface area contributed by atoms with E-state index in [9.17, 15) is 4.79 Å². The highest BCUT2D eigenvalue weighted by atomic mass is 16.1. The molecule has 2 rings (SSSR count). The maximum atomic E-state index is 11.4. The fourth-order valence-corrected chi connectivity index (χ4v) is 1.48. The van der Waals surface area contributed by atoms with Crippen molar-refractivity contribution in [1.82, 2.24) is 14.8 Å². The highest BCUT2D eigenvalue weighted by Gasteiger charge is 2.08. The molecule has 2 heterocycles. The fourth-order valence-electron chi connectivity index (χ4n) is 1.48. The Morgan fingerprint density at radius 1 is 1.50 bits per heavy atom. The van der Waals surface area contributed by atoms with Crippen molar-refractivity contribution < 1.29 is 0 Å². The van der Waals surface area contributed by atoms with E-state index in [2.05, 4.69) is 10.1 Å². The quantitative estimate of drug-likeness (QED) is 0.783. The van der Waals surface area contributed by atoms with Gasteiger partial charge < -0.3 is 5.73 Å². The molecule has 0 atom stereocenters. The molecule has 0 aromatic carbocycles. The number of aryl methyl sites for hydroxylation is 1. The van der Waals surface area contributed by atoms with E-state index < -0.39 is 0 Å². The van der Waals surface area contributed by atoms with Crippen LogP contribution in [-0.2, 0) is 13.6 Å². The van der Waals surface area contributed by atoms with Crippen molar-refractivity contribution in [1.29, 1.82) is 0 Å². The average Bonchev–Trinajstić information content (AvgIpc) is 2.33. The number of nitrogens with zero attached hydrogens (tertiary/aromatic N) is 3. The predicted molar refractivity (Wildman–Crippen MR) is 60.6 cm³/mol. The smallest absolute Gasteiger partial charge is 0.266 e. The molecule has 0 radical (unpaired) electrons. The Hall–Kier alpha value is -2.01. The van der Waals surface area contributed by atoms with Gasteiger partial charge in [-0.2, -0.15) is 5.10 Å². The summed E-state index contributed by atoms with van der Waals surface area (Å²) in [4.78, 5) is 15.4. The summed E-state index contributed by atoms with van der Waals surface area (Å²) in [6.45, 7) is 0.285. The van der Waals surface area contributed by atoms with E-state index in [1.54, 1.807) is 19.4 Å². The minimum absolute atomic E-state index is 0.159. The van der Waals surface area contributed by atoms with Gasteiger partial charge in [-0.25, -0.2) is 4.68 Å². The van der Waals surface area contributed by atoms with Crippen LogP contribution in [0, 0.1) is 0 Å². The zero-order valence-electron chi connectivity index (χ0n) is 8.92. The van der Waals surface area contributed by atoms with Crippen molar-refractivity contribution in [2.75, 3.05) is 0 Å². The number of hydrogen-bond donors (Lipinski definition) is 1. The lowest BCUT2D eigenvalue weighted by molar-refractivity contribution is 0.704. The summed E-state index contributed by atoms with van der Waals surface area (Å²) in [5.41, 5.74) is 7.74. The zero-order valence-corrected chi connectivity index (χ0v) is 8.92. The van der Waals surface area contributed by atoms with E-state index >= 15 is 0 Å². The van der Waals surface area contributed by atoms with Crippen LogP contribution in [0.5, 0.6) is 0 Å². The van der Waals surface area contributed by atoms with Crippen molar-refractivity contribution in [2.45, 2.75) is 6.54 Å². The van der Waals surface area contributed by atoms with Gasteiger partial charge in [0.15, 0.2) is 0 Å². The third kappa shape index (κ3) is 1.85. The number of hydrogen-bond acceptors (Lipinski definition) is 4. The van der Waals surface area contributed by atoms with E-state index in [1.807, 2.05) is 12.1 Å². The Balaban J connectivity index is 2.65. The lowest BCUT2D eigenvalue weighted by Gasteiger charge is -2.07. The Labute approximate surface area is 92.6 Å². The maximum absolute atomic E-state index is 11.4. The summed E-state index contributed by atoms with van der Waals surface area (Å²) in [5, 5.41) is 4.20. The molecule has 0 spiro atoms. The van der Waals surface area contributed by atoms with E-state index in [-0.39, 0.29) is 12.1 Å². The first-order chi connectivity index (χ1) is 7.72. The summed E-state index contributed by atoms with van der Waals surface area (Å²) in [7, 11) is 1.61. The molecule has 2 N–H and O–H groups in total. The molecule has 5 nitrogen and oxygen atoms in total. The van der Waals surface area contributed by atoms with E-state index in [0.29, 0.717) is 5.69 Å². The molecule has 0 unspecified atom stereocenters. The van der Waals surface area contributed by atoms with Gasteiger partial charge in [0.05, 0.1) is 5.69 Å². The molecule has 5 heteroatoms. The molecule has 2 aromatic rings. The van der Waals surface area contributed by atoms with Crippen LogP contribution in [0.1, 0.15) is 5.56 Å². The van der Waals surface area contributed by atoms with Crippen LogP contribution in [0.4, 0.5) is 0 Å². The molecule has 0 aliphatic heterocycles. The third-order valence-corrected chi connectivity index (χ3v) is 2.33. The lowest BCUT2D eigenvalue weighted by Crippen LogP contribution is -2.21. The van der Waals surface area contributed by atoms with Gasteiger partial charge in [0.1, 0.15) is 0 Å². The molecule has 0 bridgehead atoms. The van der Waals surface area contributed by atoms with Gasteiger partial charge in [0.25, 0.3) is 5.56 Å². The van der Waals surface area contributed by atoms with Crippen LogP contribution in [0.2, 0.25) is 0 Å². The molecule has 0 amide bonds. The predicted octanol–water partition coefficient (Wildman–Crippen LogP) is 0.301. The first-order valence-electron chi connectivity index (χ1n) is 4.90. The Morgan fingerprint density at radius 3 is 2.94 bits per heavy atom. The van der Waals surface area contributed by atoms with Crippen LogP contribution in [-0.4, -0.2) is 14.8 Å². The second-order valence-corrected chi connectivity index (χ2v) is 3.43. The van der Waals surface area contributed by atoms with E-state index in [4.69, 9.17) is 5.73 Å². The average molecular weight is 216 g/mol. The minimum atomic E-state index is -0.159. The van der Waals surface area contributed by atoms with Crippen LogP contribution >= 0.6 is 0 Å². The summed E-state index contributed by atoms with van der Waals surface area (Å²) in [5.74, 6) is 0. The topological polar surface area (TPSA) is 73.8 Å². The molecular formula is C11H12N4O. The summed E-state index contributed by atoms with van der Waals surface area (Å²) < 4.78 is 1.29. The SMILES string of the molecule is Cn1nc(-c2cccnc2)c(CN)cc1=O. The zero-order chi connectivity index (χ0) is 11.5. The van der Waals surface area contributed by atoms with Gasteiger partial charge >= 0.3 is 0 Å². The van der Waals surface area contributed by atoms with Gasteiger partial charge in [-0.05, 0) is 17.7 Å². The third-order valence-electron chi connectivity index (χ3n) is 2.33. The number of rotatable bonds is 2. The first kappa shape index (κ1) is 10.5. The molecule has 0 saturated heterocycles. The molecule has 16 heavy (non-hydrogen) atoms. The standard InChI is InChI=1S/C11H12N4O/c1-15-10(16)5-9(6-12)11(14-15)8-3-2-4-13-7-8/h2-5,7H,6,12H2,1H3. The highest BCUT2D eigenvalue weighted by molar-refractivity contribution is 5.61. The molecule has 0 aliphatic carbocycles. The highest BCUT2D eigenvalue weighted by Crippen LogP contribution is 2.17. The molecule has 0 saturated carbocycles. The molecule has 2 aromatic heterocycles. The summed E-state index contributed by atoms with van der Waals surface area (Å²) >= 11 is 0. The van der Waals surface area contributed by atoms with Gasteiger partial charge in [-0.3, -0.25) is 9.78 Å². The first-order valence-corrected chi connectivity index (χ1v) is 4.90. The lowest BCUT2D eigenvalue weighted by atomic mass is 10.1. The maximum Gasteiger partial charge on any atom is 0.266 e. The van der Waals surface area contributed by atoms with Crippen molar-refractivity contribution >= 4 is 0 Å². The largest absolute Gasteiger partial charge is 0.326 e. The van der Waals surface area contributed by atoms with Crippen molar-refractivity contribution in [3.8, 4) is 11.3 Å². The summed E-state index contributed by atoms with van der Waals surface area (Å²) in [6, 6.07) is 5.22. The van der Waals surface area contributed by atoms with Crippen molar-refractivity contribution in [3.05, 3.63) is 46.5 Å². The van der Waals surface area contributed by atoms with Crippen LogP contribution in [0.3, 0.4) is 0 Å². The van der Waals surface area contributed by atoms with Crippen LogP contribution in [0.15, 0.2) is 35.4 Å². The Morgan fingerprint density at radius 2 is 2.31 bits per heavy atom. The van der Waals surface area contributed by atoms with E-state index in [1.165, 1.54) is 10.7 Å². The fraction of sp³-hybridized carbons (Fsp3) is 0.182. The van der Waals surface area contributed by atoms with Crippen LogP contribution < -0.4 is 11.3 Å². The van der Waals surface area contributed by atoms with Crippen LogP contribution in [0.25, 0.3) is 11.3 Å². The second-order valence-electron chi connectivity index (χ2n) is 3.43. The molecule has 0 fully saturated rings. The van der Waals surface area contributed by atoms with Crippen molar-refractivity contribution in [3.63, 3.8) is 0 Å². The number of pyridine rings is 1. The number of aromatic nitrogens is 3. The summed E-state index contributed by atoms with van der Waals surface area (Å²) in [6.07, 6.45) is 3.39. The van der Waals surface area contributed by atoms with Gasteiger partial charge in [0, 0.05) is 37.6 Å². The monoisotopic (exact) mass is 216 g/mol. The van der Waals surface area contributed by atoms with Gasteiger partial charge in [-0.15, -0.1) is 0 Å². The second kappa shape index (κ2) is 4.24. The van der Waals surface area contributed by atoms with Gasteiger partial charge in [0.2, 0.25) is 0 Å². The Bertz CT molecular complexity index is 548. The number of nitrogens with two attached hydrogens (primary N) is 1.